The van der Waals surface area contributed by atoms with Crippen LogP contribution in [-0.4, -0.2) is 42.7 Å². The first-order valence-electron chi connectivity index (χ1n) is 7.36. The molecular formula is C16H26N2O. The molecule has 1 aliphatic rings. The molecule has 0 amide bonds. The molecule has 1 atom stereocenters. The maximum atomic E-state index is 10.6. The smallest absolute Gasteiger partial charge is 0.0880 e. The van der Waals surface area contributed by atoms with Gasteiger partial charge in [0.2, 0.25) is 0 Å². The molecule has 1 fully saturated rings. The molecule has 106 valence electrons. The van der Waals surface area contributed by atoms with Gasteiger partial charge in [0.15, 0.2) is 0 Å². The molecule has 0 saturated carbocycles. The van der Waals surface area contributed by atoms with E-state index in [1.165, 1.54) is 5.56 Å². The zero-order valence-corrected chi connectivity index (χ0v) is 12.2. The topological polar surface area (TPSA) is 35.5 Å². The fraction of sp³-hybridized carbons (Fsp3) is 0.625. The van der Waals surface area contributed by atoms with Gasteiger partial charge in [-0.15, -0.1) is 0 Å². The van der Waals surface area contributed by atoms with Gasteiger partial charge in [-0.2, -0.15) is 0 Å². The third-order valence-corrected chi connectivity index (χ3v) is 4.11. The highest BCUT2D eigenvalue weighted by atomic mass is 16.3. The van der Waals surface area contributed by atoms with Gasteiger partial charge < -0.3 is 15.3 Å². The van der Waals surface area contributed by atoms with Crippen LogP contribution in [0, 0.1) is 0 Å². The van der Waals surface area contributed by atoms with Crippen LogP contribution >= 0.6 is 0 Å². The first kappa shape index (κ1) is 14.5. The lowest BCUT2D eigenvalue weighted by molar-refractivity contribution is 0.0345. The van der Waals surface area contributed by atoms with Crippen molar-refractivity contribution in [1.29, 1.82) is 0 Å². The number of nitrogens with one attached hydrogen (secondary N) is 1. The Kier molecular flexibility index (Phi) is 4.97. The monoisotopic (exact) mass is 262 g/mol. The molecule has 2 rings (SSSR count). The lowest BCUT2D eigenvalue weighted by atomic mass is 9.91. The van der Waals surface area contributed by atoms with E-state index in [0.29, 0.717) is 0 Å². The molecule has 3 heteroatoms. The summed E-state index contributed by atoms with van der Waals surface area (Å²) >= 11 is 0. The Bertz CT molecular complexity index is 380. The van der Waals surface area contributed by atoms with Crippen LogP contribution in [0.25, 0.3) is 0 Å². The van der Waals surface area contributed by atoms with Crippen LogP contribution in [0.5, 0.6) is 0 Å². The van der Waals surface area contributed by atoms with Crippen molar-refractivity contribution >= 4 is 0 Å². The Morgan fingerprint density at radius 1 is 1.21 bits per heavy atom. The van der Waals surface area contributed by atoms with Crippen LogP contribution in [0.2, 0.25) is 0 Å². The summed E-state index contributed by atoms with van der Waals surface area (Å²) in [5.41, 5.74) is 1.62. The Balaban J connectivity index is 1.92. The third kappa shape index (κ3) is 4.03. The third-order valence-electron chi connectivity index (χ3n) is 4.11. The average molecular weight is 262 g/mol. The Hall–Kier alpha value is -0.900. The second kappa shape index (κ2) is 6.51. The summed E-state index contributed by atoms with van der Waals surface area (Å²) in [4.78, 5) is 2.42. The molecule has 1 heterocycles. The number of aliphatic hydroxyl groups is 1. The van der Waals surface area contributed by atoms with E-state index in [1.807, 2.05) is 6.92 Å². The van der Waals surface area contributed by atoms with Crippen molar-refractivity contribution in [2.24, 2.45) is 0 Å². The van der Waals surface area contributed by atoms with E-state index >= 15 is 0 Å². The van der Waals surface area contributed by atoms with Crippen molar-refractivity contribution in [3.63, 3.8) is 0 Å². The maximum absolute atomic E-state index is 10.6. The SMILES string of the molecule is CCc1ccc(C(C)(O)CCN2CCNCC2)cc1. The molecule has 0 aromatic heterocycles. The van der Waals surface area contributed by atoms with E-state index in [2.05, 4.69) is 41.4 Å². The lowest BCUT2D eigenvalue weighted by Gasteiger charge is -2.31. The number of aryl methyl sites for hydroxylation is 1. The van der Waals surface area contributed by atoms with E-state index in [-0.39, 0.29) is 0 Å². The zero-order valence-electron chi connectivity index (χ0n) is 12.2. The van der Waals surface area contributed by atoms with Crippen LogP contribution in [0.1, 0.15) is 31.4 Å². The van der Waals surface area contributed by atoms with E-state index in [1.54, 1.807) is 0 Å². The summed E-state index contributed by atoms with van der Waals surface area (Å²) in [6, 6.07) is 8.37. The van der Waals surface area contributed by atoms with E-state index < -0.39 is 5.60 Å². The minimum Gasteiger partial charge on any atom is -0.385 e. The zero-order chi connectivity index (χ0) is 13.7. The standard InChI is InChI=1S/C16H26N2O/c1-3-14-4-6-15(7-5-14)16(2,19)8-11-18-12-9-17-10-13-18/h4-7,17,19H,3,8-13H2,1-2H3. The number of piperazine rings is 1. The molecule has 1 aromatic rings. The molecule has 0 aliphatic carbocycles. The van der Waals surface area contributed by atoms with Crippen molar-refractivity contribution in [1.82, 2.24) is 10.2 Å². The number of hydrogen-bond donors (Lipinski definition) is 2. The van der Waals surface area contributed by atoms with Crippen LogP contribution in [0.3, 0.4) is 0 Å². The van der Waals surface area contributed by atoms with E-state index in [9.17, 15) is 5.11 Å². The molecule has 0 spiro atoms. The Morgan fingerprint density at radius 2 is 1.84 bits per heavy atom. The van der Waals surface area contributed by atoms with Gasteiger partial charge in [0.1, 0.15) is 0 Å². The molecule has 0 bridgehead atoms. The van der Waals surface area contributed by atoms with Gasteiger partial charge in [0.25, 0.3) is 0 Å². The number of rotatable bonds is 5. The van der Waals surface area contributed by atoms with Crippen molar-refractivity contribution < 1.29 is 5.11 Å². The van der Waals surface area contributed by atoms with Crippen molar-refractivity contribution in [3.05, 3.63) is 35.4 Å². The second-order valence-corrected chi connectivity index (χ2v) is 5.67. The summed E-state index contributed by atoms with van der Waals surface area (Å²) in [7, 11) is 0. The largest absolute Gasteiger partial charge is 0.385 e. The van der Waals surface area contributed by atoms with Crippen molar-refractivity contribution in [3.8, 4) is 0 Å². The van der Waals surface area contributed by atoms with Gasteiger partial charge in [-0.1, -0.05) is 31.2 Å². The van der Waals surface area contributed by atoms with Crippen LogP contribution in [-0.2, 0) is 12.0 Å². The molecule has 0 radical (unpaired) electrons. The second-order valence-electron chi connectivity index (χ2n) is 5.67. The Morgan fingerprint density at radius 3 is 2.42 bits per heavy atom. The molecule has 1 saturated heterocycles. The maximum Gasteiger partial charge on any atom is 0.0880 e. The predicted octanol–water partition coefficient (Wildman–Crippen LogP) is 1.75. The highest BCUT2D eigenvalue weighted by Crippen LogP contribution is 2.25. The number of hydrogen-bond acceptors (Lipinski definition) is 3. The molecule has 1 unspecified atom stereocenters. The van der Waals surface area contributed by atoms with E-state index in [4.69, 9.17) is 0 Å². The highest BCUT2D eigenvalue weighted by Gasteiger charge is 2.24. The average Bonchev–Trinajstić information content (AvgIpc) is 2.46. The van der Waals surface area contributed by atoms with Crippen molar-refractivity contribution in [2.45, 2.75) is 32.3 Å². The Labute approximate surface area is 116 Å². The van der Waals surface area contributed by atoms with Crippen LogP contribution < -0.4 is 5.32 Å². The lowest BCUT2D eigenvalue weighted by Crippen LogP contribution is -2.45. The molecule has 1 aliphatic heterocycles. The minimum absolute atomic E-state index is 0.725. The van der Waals surface area contributed by atoms with Gasteiger partial charge in [-0.25, -0.2) is 0 Å². The van der Waals surface area contributed by atoms with Crippen LogP contribution in [0.4, 0.5) is 0 Å². The summed E-state index contributed by atoms with van der Waals surface area (Å²) in [5.74, 6) is 0. The fourth-order valence-corrected chi connectivity index (χ4v) is 2.55. The quantitative estimate of drug-likeness (QED) is 0.848. The highest BCUT2D eigenvalue weighted by molar-refractivity contribution is 5.26. The summed E-state index contributed by atoms with van der Waals surface area (Å²) in [5, 5.41) is 14.0. The normalized spacial score (nSPS) is 20.2. The van der Waals surface area contributed by atoms with Gasteiger partial charge in [0.05, 0.1) is 5.60 Å². The summed E-state index contributed by atoms with van der Waals surface area (Å²) < 4.78 is 0. The van der Waals surface area contributed by atoms with Gasteiger partial charge in [-0.05, 0) is 30.9 Å². The molecular weight excluding hydrogens is 236 g/mol. The fourth-order valence-electron chi connectivity index (χ4n) is 2.55. The number of nitrogens with zero attached hydrogens (tertiary/aromatic N) is 1. The van der Waals surface area contributed by atoms with Crippen molar-refractivity contribution in [2.75, 3.05) is 32.7 Å². The van der Waals surface area contributed by atoms with Gasteiger partial charge in [0, 0.05) is 32.7 Å². The van der Waals surface area contributed by atoms with E-state index in [0.717, 1.165) is 51.1 Å². The van der Waals surface area contributed by atoms with Gasteiger partial charge in [-0.3, -0.25) is 0 Å². The first-order valence-corrected chi connectivity index (χ1v) is 7.36. The molecule has 19 heavy (non-hydrogen) atoms. The molecule has 3 nitrogen and oxygen atoms in total. The first-order chi connectivity index (χ1) is 9.12. The van der Waals surface area contributed by atoms with Gasteiger partial charge >= 0.3 is 0 Å². The predicted molar refractivity (Wildman–Crippen MR) is 79.3 cm³/mol. The summed E-state index contributed by atoms with van der Waals surface area (Å²) in [6.45, 7) is 9.34. The molecule has 1 aromatic carbocycles. The van der Waals surface area contributed by atoms with Crippen LogP contribution in [0.15, 0.2) is 24.3 Å². The minimum atomic E-state index is -0.725. The summed E-state index contributed by atoms with van der Waals surface area (Å²) in [6.07, 6.45) is 1.83. The molecule has 2 N–H and O–H groups in total. The number of benzene rings is 1.